The van der Waals surface area contributed by atoms with Gasteiger partial charge in [-0.1, -0.05) is 36.5 Å². The maximum absolute atomic E-state index is 2.21. The van der Waals surface area contributed by atoms with Crippen molar-refractivity contribution in [1.29, 1.82) is 0 Å². The average Bonchev–Trinajstić information content (AvgIpc) is 2.66. The predicted octanol–water partition coefficient (Wildman–Crippen LogP) is 2.44. The second kappa shape index (κ2) is 8.39. The molecule has 0 saturated carbocycles. The van der Waals surface area contributed by atoms with Crippen LogP contribution in [0.25, 0.3) is 0 Å². The first-order valence-corrected chi connectivity index (χ1v) is 5.15. The van der Waals surface area contributed by atoms with Crippen LogP contribution in [0.3, 0.4) is 0 Å². The summed E-state index contributed by atoms with van der Waals surface area (Å²) < 4.78 is 0. The van der Waals surface area contributed by atoms with Gasteiger partial charge in [-0.2, -0.15) is 0 Å². The van der Waals surface area contributed by atoms with Crippen LogP contribution < -0.4 is 0 Å². The van der Waals surface area contributed by atoms with Gasteiger partial charge in [-0.05, 0) is 11.1 Å². The van der Waals surface area contributed by atoms with E-state index in [0.29, 0.717) is 0 Å². The van der Waals surface area contributed by atoms with E-state index < -0.39 is 0 Å². The van der Waals surface area contributed by atoms with Gasteiger partial charge in [-0.3, -0.25) is 0 Å². The van der Waals surface area contributed by atoms with Crippen LogP contribution in [-0.4, -0.2) is 34.8 Å². The van der Waals surface area contributed by atoms with E-state index >= 15 is 0 Å². The van der Waals surface area contributed by atoms with Crippen LogP contribution in [0.5, 0.6) is 0 Å². The number of unbranched alkanes of at least 4 members (excludes halogenated alkanes) is 1. The Bertz CT molecular complexity index is 244. The zero-order valence-corrected chi connectivity index (χ0v) is 11.2. The van der Waals surface area contributed by atoms with Crippen molar-refractivity contribution in [1.82, 2.24) is 0 Å². The van der Waals surface area contributed by atoms with Crippen molar-refractivity contribution in [2.24, 2.45) is 0 Å². The van der Waals surface area contributed by atoms with E-state index in [1.54, 1.807) is 0 Å². The van der Waals surface area contributed by atoms with Gasteiger partial charge >= 0.3 is 59.6 Å². The van der Waals surface area contributed by atoms with Gasteiger partial charge in [-0.15, -0.1) is 0 Å². The molecule has 0 bridgehead atoms. The Morgan fingerprint density at radius 1 is 1.07 bits per heavy atom. The van der Waals surface area contributed by atoms with E-state index in [1.165, 1.54) is 29.1 Å². The van der Waals surface area contributed by atoms with E-state index in [4.69, 9.17) is 0 Å². The Hall–Kier alpha value is 0.0769. The van der Waals surface area contributed by atoms with Gasteiger partial charge in [0, 0.05) is 0 Å². The Morgan fingerprint density at radius 2 is 1.57 bits per heavy atom. The van der Waals surface area contributed by atoms with E-state index in [1.807, 2.05) is 0 Å². The molecule has 0 unspecified atom stereocenters. The van der Waals surface area contributed by atoms with Crippen LogP contribution >= 0.6 is 0 Å². The molecule has 0 aromatic heterocycles. The zero-order chi connectivity index (χ0) is 9.52. The van der Waals surface area contributed by atoms with Gasteiger partial charge < -0.3 is 0 Å². The van der Waals surface area contributed by atoms with Crippen LogP contribution in [0.1, 0.15) is 19.8 Å². The number of rotatable bonds is 2. The summed E-state index contributed by atoms with van der Waals surface area (Å²) in [5, 5.41) is 1.34. The fourth-order valence-electron chi connectivity index (χ4n) is 1.36. The van der Waals surface area contributed by atoms with Crippen molar-refractivity contribution in [3.05, 3.63) is 47.6 Å². The second-order valence-electron chi connectivity index (χ2n) is 3.32. The van der Waals surface area contributed by atoms with Crippen LogP contribution in [0.2, 0.25) is 5.09 Å². The standard InChI is InChI=1S/C8H6.C4H9.Li.H2Se/c1-3-7-5-2-6-8(7)4-1;1-3-4-2;;/h1-6H;1,3-4H2,2H3;;1H2. The normalized spacial score (nSPS) is 15.1. The summed E-state index contributed by atoms with van der Waals surface area (Å²) in [6, 6.07) is 0. The number of hydrogen-bond acceptors (Lipinski definition) is 0. The second-order valence-corrected chi connectivity index (χ2v) is 3.32. The average molecular weight is 247 g/mol. The molecule has 14 heavy (non-hydrogen) atoms. The Kier molecular flexibility index (Phi) is 8.44. The fraction of sp³-hybridized carbons (Fsp3) is 0.333. The SMILES string of the molecule is C1=CC2=CC=CC2=C1.[Li][CH2]CCC.[SeH2]. The molecule has 0 aromatic carbocycles. The fourth-order valence-corrected chi connectivity index (χ4v) is 1.36. The van der Waals surface area contributed by atoms with Crippen molar-refractivity contribution in [3.8, 4) is 0 Å². The summed E-state index contributed by atoms with van der Waals surface area (Å²) in [6.07, 6.45) is 15.4. The Balaban J connectivity index is 0.000000253. The molecule has 2 aliphatic rings. The van der Waals surface area contributed by atoms with E-state index in [2.05, 4.69) is 61.1 Å². The molecule has 0 N–H and O–H groups in total. The number of fused-ring (bicyclic) bond motifs is 1. The molecule has 0 saturated heterocycles. The Labute approximate surface area is 107 Å². The molecule has 0 spiro atoms. The first kappa shape index (κ1) is 14.1. The molecule has 2 rings (SSSR count). The summed E-state index contributed by atoms with van der Waals surface area (Å²) in [7, 11) is 0. The molecular formula is C12H17LiSe. The minimum absolute atomic E-state index is 0. The van der Waals surface area contributed by atoms with Crippen molar-refractivity contribution < 1.29 is 0 Å². The van der Waals surface area contributed by atoms with Crippen molar-refractivity contribution in [2.45, 2.75) is 24.9 Å². The van der Waals surface area contributed by atoms with Gasteiger partial charge in [0.25, 0.3) is 0 Å². The number of allylic oxidation sites excluding steroid dienone is 8. The third-order valence-corrected chi connectivity index (χ3v) is 2.14. The van der Waals surface area contributed by atoms with E-state index in [9.17, 15) is 0 Å². The summed E-state index contributed by atoms with van der Waals surface area (Å²) >= 11 is 2.21. The van der Waals surface area contributed by atoms with Crippen molar-refractivity contribution in [2.75, 3.05) is 0 Å². The van der Waals surface area contributed by atoms with Crippen LogP contribution in [0.4, 0.5) is 0 Å². The van der Waals surface area contributed by atoms with Crippen LogP contribution in [-0.2, 0) is 0 Å². The van der Waals surface area contributed by atoms with Crippen LogP contribution in [0.15, 0.2) is 47.6 Å². The number of hydrogen-bond donors (Lipinski definition) is 0. The molecule has 0 fully saturated rings. The zero-order valence-electron chi connectivity index (χ0n) is 9.09. The van der Waals surface area contributed by atoms with Gasteiger partial charge in [0.2, 0.25) is 0 Å². The monoisotopic (exact) mass is 248 g/mol. The van der Waals surface area contributed by atoms with Crippen molar-refractivity contribution in [3.63, 3.8) is 0 Å². The Morgan fingerprint density at radius 3 is 1.86 bits per heavy atom. The molecule has 0 atom stereocenters. The minimum atomic E-state index is 0. The molecule has 0 aromatic rings. The molecule has 0 radical (unpaired) electrons. The first-order chi connectivity index (χ1) is 6.38. The molecule has 0 amide bonds. The molecule has 72 valence electrons. The predicted molar refractivity (Wildman–Crippen MR) is 68.5 cm³/mol. The molecule has 0 heterocycles. The summed E-state index contributed by atoms with van der Waals surface area (Å²) in [5.74, 6) is 0. The molecule has 2 heteroatoms. The van der Waals surface area contributed by atoms with Crippen molar-refractivity contribution >= 4 is 34.8 Å². The molecular weight excluding hydrogens is 230 g/mol. The first-order valence-electron chi connectivity index (χ1n) is 5.15. The van der Waals surface area contributed by atoms with Gasteiger partial charge in [-0.25, -0.2) is 0 Å². The van der Waals surface area contributed by atoms with E-state index in [-0.39, 0.29) is 17.1 Å². The molecule has 0 aliphatic heterocycles. The van der Waals surface area contributed by atoms with Gasteiger partial charge in [0.15, 0.2) is 0 Å². The summed E-state index contributed by atoms with van der Waals surface area (Å²) in [4.78, 5) is 0. The van der Waals surface area contributed by atoms with Gasteiger partial charge in [0.05, 0.1) is 0 Å². The summed E-state index contributed by atoms with van der Waals surface area (Å²) in [6.45, 7) is 2.21. The van der Waals surface area contributed by atoms with Gasteiger partial charge in [0.1, 0.15) is 0 Å². The third-order valence-electron chi connectivity index (χ3n) is 2.14. The quantitative estimate of drug-likeness (QED) is 0.657. The summed E-state index contributed by atoms with van der Waals surface area (Å²) in [5.41, 5.74) is 2.70. The molecule has 0 nitrogen and oxygen atoms in total. The maximum atomic E-state index is 2.21. The van der Waals surface area contributed by atoms with E-state index in [0.717, 1.165) is 0 Å². The topological polar surface area (TPSA) is 0 Å². The molecule has 2 aliphatic carbocycles. The third kappa shape index (κ3) is 4.53. The van der Waals surface area contributed by atoms with Crippen LogP contribution in [0, 0.1) is 0 Å².